The minimum Gasteiger partial charge on any atom is -0.452 e. The minimum atomic E-state index is -0.595. The summed E-state index contributed by atoms with van der Waals surface area (Å²) in [6.07, 6.45) is 0.799. The molecule has 25 heavy (non-hydrogen) atoms. The molecule has 5 nitrogen and oxygen atoms in total. The van der Waals surface area contributed by atoms with Crippen molar-refractivity contribution in [2.45, 2.75) is 26.3 Å². The number of nitrogens with zero attached hydrogens (tertiary/aromatic N) is 1. The average molecular weight is 336 g/mol. The van der Waals surface area contributed by atoms with Crippen molar-refractivity contribution in [2.24, 2.45) is 0 Å². The van der Waals surface area contributed by atoms with Gasteiger partial charge < -0.3 is 10.1 Å². The van der Waals surface area contributed by atoms with E-state index in [2.05, 4.69) is 11.4 Å². The lowest BCUT2D eigenvalue weighted by atomic mass is 9.96. The van der Waals surface area contributed by atoms with Crippen LogP contribution < -0.4 is 5.32 Å². The summed E-state index contributed by atoms with van der Waals surface area (Å²) < 4.78 is 5.14. The van der Waals surface area contributed by atoms with Gasteiger partial charge in [0.15, 0.2) is 6.61 Å². The highest BCUT2D eigenvalue weighted by atomic mass is 16.5. The number of benzene rings is 2. The van der Waals surface area contributed by atoms with E-state index in [0.717, 1.165) is 6.42 Å². The van der Waals surface area contributed by atoms with Gasteiger partial charge in [0, 0.05) is 11.6 Å². The molecule has 1 N–H and O–H groups in total. The monoisotopic (exact) mass is 336 g/mol. The zero-order valence-electron chi connectivity index (χ0n) is 14.3. The fourth-order valence-corrected chi connectivity index (χ4v) is 2.34. The molecule has 0 aliphatic carbocycles. The SMILES string of the molecule is CC[C@@H](C)NC(=O)COC(=O)c1ccccc1-c1ccccc1C#N. The third kappa shape index (κ3) is 4.67. The van der Waals surface area contributed by atoms with E-state index in [-0.39, 0.29) is 18.6 Å². The van der Waals surface area contributed by atoms with E-state index in [1.165, 1.54) is 0 Å². The Hall–Kier alpha value is -3.13. The Bertz CT molecular complexity index is 809. The van der Waals surface area contributed by atoms with Gasteiger partial charge in [-0.15, -0.1) is 0 Å². The van der Waals surface area contributed by atoms with Crippen molar-refractivity contribution in [1.82, 2.24) is 5.32 Å². The number of carbonyl (C=O) groups is 2. The molecule has 0 bridgehead atoms. The van der Waals surface area contributed by atoms with Gasteiger partial charge >= 0.3 is 5.97 Å². The van der Waals surface area contributed by atoms with Crippen LogP contribution in [-0.2, 0) is 9.53 Å². The first kappa shape index (κ1) is 18.2. The summed E-state index contributed by atoms with van der Waals surface area (Å²) in [5, 5.41) is 12.0. The Labute approximate surface area is 147 Å². The topological polar surface area (TPSA) is 79.2 Å². The van der Waals surface area contributed by atoms with E-state index in [4.69, 9.17) is 4.74 Å². The zero-order valence-corrected chi connectivity index (χ0v) is 14.3. The zero-order chi connectivity index (χ0) is 18.2. The molecule has 2 aromatic carbocycles. The summed E-state index contributed by atoms with van der Waals surface area (Å²) in [4.78, 5) is 24.2. The van der Waals surface area contributed by atoms with Crippen molar-refractivity contribution >= 4 is 11.9 Å². The molecule has 0 heterocycles. The van der Waals surface area contributed by atoms with Crippen molar-refractivity contribution < 1.29 is 14.3 Å². The highest BCUT2D eigenvalue weighted by molar-refractivity contribution is 5.98. The minimum absolute atomic E-state index is 0.0287. The van der Waals surface area contributed by atoms with Crippen LogP contribution >= 0.6 is 0 Å². The summed E-state index contributed by atoms with van der Waals surface area (Å²) in [7, 11) is 0. The van der Waals surface area contributed by atoms with Crippen LogP contribution in [0.5, 0.6) is 0 Å². The molecular formula is C20H20N2O3. The van der Waals surface area contributed by atoms with Crippen LogP contribution in [0.2, 0.25) is 0 Å². The smallest absolute Gasteiger partial charge is 0.339 e. The first-order valence-corrected chi connectivity index (χ1v) is 8.11. The largest absolute Gasteiger partial charge is 0.452 e. The molecule has 0 saturated heterocycles. The number of ether oxygens (including phenoxy) is 1. The van der Waals surface area contributed by atoms with E-state index >= 15 is 0 Å². The molecule has 0 aromatic heterocycles. The fourth-order valence-electron chi connectivity index (χ4n) is 2.34. The van der Waals surface area contributed by atoms with Crippen molar-refractivity contribution in [3.63, 3.8) is 0 Å². The molecule has 0 fully saturated rings. The lowest BCUT2D eigenvalue weighted by Gasteiger charge is -2.13. The van der Waals surface area contributed by atoms with Crippen LogP contribution in [0.15, 0.2) is 48.5 Å². The number of nitrogens with one attached hydrogen (secondary N) is 1. The second kappa shape index (κ2) is 8.65. The molecule has 2 rings (SSSR count). The number of amides is 1. The van der Waals surface area contributed by atoms with Gasteiger partial charge in [0.25, 0.3) is 5.91 Å². The van der Waals surface area contributed by atoms with Gasteiger partial charge in [0.05, 0.1) is 17.2 Å². The van der Waals surface area contributed by atoms with Crippen LogP contribution in [0.1, 0.15) is 36.2 Å². The van der Waals surface area contributed by atoms with E-state index in [1.54, 1.807) is 48.5 Å². The molecule has 0 aliphatic rings. The predicted octanol–water partition coefficient (Wildman–Crippen LogP) is 3.30. The van der Waals surface area contributed by atoms with Crippen LogP contribution in [0.4, 0.5) is 0 Å². The van der Waals surface area contributed by atoms with Gasteiger partial charge in [0.2, 0.25) is 0 Å². The van der Waals surface area contributed by atoms with E-state index < -0.39 is 5.97 Å². The lowest BCUT2D eigenvalue weighted by Crippen LogP contribution is -2.35. The van der Waals surface area contributed by atoms with Crippen molar-refractivity contribution in [2.75, 3.05) is 6.61 Å². The van der Waals surface area contributed by atoms with Crippen molar-refractivity contribution in [3.05, 3.63) is 59.7 Å². The molecule has 0 unspecified atom stereocenters. The lowest BCUT2D eigenvalue weighted by molar-refractivity contribution is -0.124. The second-order valence-corrected chi connectivity index (χ2v) is 5.66. The maximum atomic E-state index is 12.4. The highest BCUT2D eigenvalue weighted by Gasteiger charge is 2.17. The summed E-state index contributed by atoms with van der Waals surface area (Å²) >= 11 is 0. The molecule has 1 atom stereocenters. The van der Waals surface area contributed by atoms with Crippen molar-refractivity contribution in [3.8, 4) is 17.2 Å². The third-order valence-electron chi connectivity index (χ3n) is 3.84. The summed E-state index contributed by atoms with van der Waals surface area (Å²) in [6.45, 7) is 3.51. The first-order valence-electron chi connectivity index (χ1n) is 8.11. The van der Waals surface area contributed by atoms with Gasteiger partial charge in [-0.2, -0.15) is 5.26 Å². The van der Waals surface area contributed by atoms with E-state index in [0.29, 0.717) is 22.3 Å². The van der Waals surface area contributed by atoms with E-state index in [9.17, 15) is 14.9 Å². The number of nitriles is 1. The number of hydrogen-bond donors (Lipinski definition) is 1. The Kier molecular flexibility index (Phi) is 6.30. The van der Waals surface area contributed by atoms with Gasteiger partial charge in [-0.1, -0.05) is 43.3 Å². The molecular weight excluding hydrogens is 316 g/mol. The van der Waals surface area contributed by atoms with Crippen LogP contribution in [0, 0.1) is 11.3 Å². The molecule has 5 heteroatoms. The maximum Gasteiger partial charge on any atom is 0.339 e. The molecule has 2 aromatic rings. The van der Waals surface area contributed by atoms with Gasteiger partial charge in [-0.3, -0.25) is 4.79 Å². The van der Waals surface area contributed by atoms with Crippen molar-refractivity contribution in [1.29, 1.82) is 5.26 Å². The normalized spacial score (nSPS) is 11.2. The third-order valence-corrected chi connectivity index (χ3v) is 3.84. The number of esters is 1. The molecule has 128 valence electrons. The van der Waals surface area contributed by atoms with Crippen LogP contribution in [-0.4, -0.2) is 24.5 Å². The molecule has 0 saturated carbocycles. The summed E-state index contributed by atoms with van der Waals surface area (Å²) in [5.41, 5.74) is 2.05. The Balaban J connectivity index is 2.19. The molecule has 0 spiro atoms. The van der Waals surface area contributed by atoms with Crippen LogP contribution in [0.25, 0.3) is 11.1 Å². The summed E-state index contributed by atoms with van der Waals surface area (Å²) in [6, 6.07) is 16.1. The first-order chi connectivity index (χ1) is 12.1. The Morgan fingerprint density at radius 2 is 1.76 bits per heavy atom. The molecule has 1 amide bonds. The van der Waals surface area contributed by atoms with Crippen LogP contribution in [0.3, 0.4) is 0 Å². The highest BCUT2D eigenvalue weighted by Crippen LogP contribution is 2.27. The standard InChI is InChI=1S/C20H20N2O3/c1-3-14(2)22-19(23)13-25-20(24)18-11-7-6-10-17(18)16-9-5-4-8-15(16)12-21/h4-11,14H,3,13H2,1-2H3,(H,22,23)/t14-/m1/s1. The molecule has 0 radical (unpaired) electrons. The predicted molar refractivity (Wildman–Crippen MR) is 94.8 cm³/mol. The van der Waals surface area contributed by atoms with Gasteiger partial charge in [0.1, 0.15) is 0 Å². The maximum absolute atomic E-state index is 12.4. The number of rotatable bonds is 6. The van der Waals surface area contributed by atoms with E-state index in [1.807, 2.05) is 13.8 Å². The molecule has 0 aliphatic heterocycles. The van der Waals surface area contributed by atoms with Gasteiger partial charge in [-0.25, -0.2) is 4.79 Å². The van der Waals surface area contributed by atoms with Gasteiger partial charge in [-0.05, 0) is 31.0 Å². The Morgan fingerprint density at radius 3 is 2.44 bits per heavy atom. The Morgan fingerprint density at radius 1 is 1.12 bits per heavy atom. The summed E-state index contributed by atoms with van der Waals surface area (Å²) in [5.74, 6) is -0.930. The fraction of sp³-hybridized carbons (Fsp3) is 0.250. The number of hydrogen-bond acceptors (Lipinski definition) is 4. The average Bonchev–Trinajstić information content (AvgIpc) is 2.65. The second-order valence-electron chi connectivity index (χ2n) is 5.66. The number of carbonyl (C=O) groups excluding carboxylic acids is 2. The quantitative estimate of drug-likeness (QED) is 0.821.